The highest BCUT2D eigenvalue weighted by atomic mass is 16.2. The van der Waals surface area contributed by atoms with Crippen LogP contribution in [0.5, 0.6) is 0 Å². The molecule has 0 saturated carbocycles. The number of rotatable bonds is 4. The molecule has 1 aliphatic rings. The van der Waals surface area contributed by atoms with Gasteiger partial charge in [0.2, 0.25) is 5.91 Å². The largest absolute Gasteiger partial charge is 0.355 e. The molecule has 2 rings (SSSR count). The van der Waals surface area contributed by atoms with Crippen LogP contribution in [-0.4, -0.2) is 54.6 Å². The van der Waals surface area contributed by atoms with Crippen LogP contribution in [0, 0.1) is 0 Å². The van der Waals surface area contributed by atoms with E-state index in [1.54, 1.807) is 0 Å². The van der Waals surface area contributed by atoms with Gasteiger partial charge in [0.25, 0.3) is 0 Å². The highest BCUT2D eigenvalue weighted by Gasteiger charge is 2.17. The Bertz CT molecular complexity index is 421. The minimum absolute atomic E-state index is 0.117. The lowest BCUT2D eigenvalue weighted by Crippen LogP contribution is -2.41. The standard InChI is InChI=1S/C15H24N4O/c1-13(2)17-15(20)12-18-8-5-9-19(11-10-18)14-6-3-4-7-16-14/h3-4,6-7,13H,5,8-12H2,1-2H3,(H,17,20). The van der Waals surface area contributed by atoms with Gasteiger partial charge in [0, 0.05) is 38.4 Å². The van der Waals surface area contributed by atoms with Gasteiger partial charge in [-0.25, -0.2) is 4.98 Å². The number of nitrogens with zero attached hydrogens (tertiary/aromatic N) is 3. The van der Waals surface area contributed by atoms with Gasteiger partial charge in [-0.05, 0) is 32.4 Å². The summed E-state index contributed by atoms with van der Waals surface area (Å²) in [6.45, 7) is 8.27. The highest BCUT2D eigenvalue weighted by Crippen LogP contribution is 2.12. The smallest absolute Gasteiger partial charge is 0.234 e. The zero-order valence-electron chi connectivity index (χ0n) is 12.4. The predicted molar refractivity (Wildman–Crippen MR) is 80.8 cm³/mol. The number of pyridine rings is 1. The first-order chi connectivity index (χ1) is 9.65. The molecule has 0 radical (unpaired) electrons. The van der Waals surface area contributed by atoms with Crippen LogP contribution in [0.2, 0.25) is 0 Å². The van der Waals surface area contributed by atoms with Gasteiger partial charge in [0.15, 0.2) is 0 Å². The van der Waals surface area contributed by atoms with Crippen molar-refractivity contribution in [2.45, 2.75) is 26.3 Å². The third-order valence-corrected chi connectivity index (χ3v) is 3.38. The van der Waals surface area contributed by atoms with Gasteiger partial charge in [-0.3, -0.25) is 9.69 Å². The second-order valence-electron chi connectivity index (χ2n) is 5.53. The van der Waals surface area contributed by atoms with Crippen LogP contribution < -0.4 is 10.2 Å². The Morgan fingerprint density at radius 3 is 2.85 bits per heavy atom. The molecule has 1 aliphatic heterocycles. The van der Waals surface area contributed by atoms with Gasteiger partial charge in [-0.15, -0.1) is 0 Å². The maximum Gasteiger partial charge on any atom is 0.234 e. The molecule has 0 aliphatic carbocycles. The molecule has 0 spiro atoms. The first-order valence-electron chi connectivity index (χ1n) is 7.33. The van der Waals surface area contributed by atoms with Gasteiger partial charge < -0.3 is 10.2 Å². The fourth-order valence-corrected chi connectivity index (χ4v) is 2.47. The molecule has 1 N–H and O–H groups in total. The summed E-state index contributed by atoms with van der Waals surface area (Å²) in [4.78, 5) is 20.7. The van der Waals surface area contributed by atoms with Crippen molar-refractivity contribution in [3.63, 3.8) is 0 Å². The second kappa shape index (κ2) is 7.24. The van der Waals surface area contributed by atoms with E-state index in [9.17, 15) is 4.79 Å². The molecule has 110 valence electrons. The number of nitrogens with one attached hydrogen (secondary N) is 1. The normalized spacial score (nSPS) is 17.1. The van der Waals surface area contributed by atoms with Crippen LogP contribution >= 0.6 is 0 Å². The van der Waals surface area contributed by atoms with Gasteiger partial charge in [-0.1, -0.05) is 6.07 Å². The summed E-state index contributed by atoms with van der Waals surface area (Å²) in [5, 5.41) is 2.95. The first kappa shape index (κ1) is 14.8. The second-order valence-corrected chi connectivity index (χ2v) is 5.53. The molecule has 0 unspecified atom stereocenters. The Balaban J connectivity index is 1.85. The lowest BCUT2D eigenvalue weighted by atomic mass is 10.3. The van der Waals surface area contributed by atoms with E-state index in [1.807, 2.05) is 38.2 Å². The summed E-state index contributed by atoms with van der Waals surface area (Å²) in [6.07, 6.45) is 2.89. The third-order valence-electron chi connectivity index (χ3n) is 3.38. The fourth-order valence-electron chi connectivity index (χ4n) is 2.47. The molecule has 1 saturated heterocycles. The van der Waals surface area contributed by atoms with Crippen LogP contribution in [0.3, 0.4) is 0 Å². The zero-order chi connectivity index (χ0) is 14.4. The SMILES string of the molecule is CC(C)NC(=O)CN1CCCN(c2ccccn2)CC1. The van der Waals surface area contributed by atoms with E-state index < -0.39 is 0 Å². The van der Waals surface area contributed by atoms with E-state index in [0.29, 0.717) is 6.54 Å². The van der Waals surface area contributed by atoms with Crippen molar-refractivity contribution in [1.82, 2.24) is 15.2 Å². The molecule has 5 nitrogen and oxygen atoms in total. The summed E-state index contributed by atoms with van der Waals surface area (Å²) >= 11 is 0. The van der Waals surface area contributed by atoms with Crippen molar-refractivity contribution in [3.05, 3.63) is 24.4 Å². The molecule has 0 aromatic carbocycles. The lowest BCUT2D eigenvalue weighted by Gasteiger charge is -2.22. The molecule has 20 heavy (non-hydrogen) atoms. The average molecular weight is 276 g/mol. The van der Waals surface area contributed by atoms with Crippen LogP contribution in [-0.2, 0) is 4.79 Å². The molecule has 2 heterocycles. The Hall–Kier alpha value is -1.62. The molecular formula is C15H24N4O. The first-order valence-corrected chi connectivity index (χ1v) is 7.33. The van der Waals surface area contributed by atoms with E-state index in [1.165, 1.54) is 0 Å². The molecule has 0 bridgehead atoms. The molecule has 1 aromatic heterocycles. The number of hydrogen-bond acceptors (Lipinski definition) is 4. The van der Waals surface area contributed by atoms with Crippen molar-refractivity contribution in [3.8, 4) is 0 Å². The number of amides is 1. The van der Waals surface area contributed by atoms with Crippen LogP contribution in [0.25, 0.3) is 0 Å². The summed E-state index contributed by atoms with van der Waals surface area (Å²) in [7, 11) is 0. The number of carbonyl (C=O) groups excluding carboxylic acids is 1. The minimum atomic E-state index is 0.117. The van der Waals surface area contributed by atoms with Crippen LogP contribution in [0.15, 0.2) is 24.4 Å². The predicted octanol–water partition coefficient (Wildman–Crippen LogP) is 1.12. The van der Waals surface area contributed by atoms with Crippen molar-refractivity contribution in [2.24, 2.45) is 0 Å². The number of hydrogen-bond donors (Lipinski definition) is 1. The van der Waals surface area contributed by atoms with Crippen molar-refractivity contribution in [1.29, 1.82) is 0 Å². The zero-order valence-corrected chi connectivity index (χ0v) is 12.4. The lowest BCUT2D eigenvalue weighted by molar-refractivity contribution is -0.122. The quantitative estimate of drug-likeness (QED) is 0.895. The topological polar surface area (TPSA) is 48.5 Å². The van der Waals surface area contributed by atoms with Gasteiger partial charge in [-0.2, -0.15) is 0 Å². The van der Waals surface area contributed by atoms with E-state index in [4.69, 9.17) is 0 Å². The highest BCUT2D eigenvalue weighted by molar-refractivity contribution is 5.78. The molecular weight excluding hydrogens is 252 g/mol. The molecule has 5 heteroatoms. The van der Waals surface area contributed by atoms with E-state index in [2.05, 4.69) is 20.1 Å². The fraction of sp³-hybridized carbons (Fsp3) is 0.600. The number of anilines is 1. The Morgan fingerprint density at radius 1 is 1.30 bits per heavy atom. The van der Waals surface area contributed by atoms with E-state index in [-0.39, 0.29) is 11.9 Å². The van der Waals surface area contributed by atoms with Crippen LogP contribution in [0.1, 0.15) is 20.3 Å². The Labute approximate surface area is 121 Å². The molecule has 1 amide bonds. The van der Waals surface area contributed by atoms with Gasteiger partial charge in [0.05, 0.1) is 6.54 Å². The van der Waals surface area contributed by atoms with Crippen LogP contribution in [0.4, 0.5) is 5.82 Å². The summed E-state index contributed by atoms with van der Waals surface area (Å²) in [6, 6.07) is 6.20. The maximum absolute atomic E-state index is 11.8. The Morgan fingerprint density at radius 2 is 2.15 bits per heavy atom. The van der Waals surface area contributed by atoms with Crippen molar-refractivity contribution < 1.29 is 4.79 Å². The monoisotopic (exact) mass is 276 g/mol. The average Bonchev–Trinajstić information content (AvgIpc) is 2.64. The third kappa shape index (κ3) is 4.49. The van der Waals surface area contributed by atoms with Crippen molar-refractivity contribution in [2.75, 3.05) is 37.6 Å². The maximum atomic E-state index is 11.8. The minimum Gasteiger partial charge on any atom is -0.355 e. The summed E-state index contributed by atoms with van der Waals surface area (Å²) in [5.41, 5.74) is 0. The molecule has 0 atom stereocenters. The van der Waals surface area contributed by atoms with Gasteiger partial charge >= 0.3 is 0 Å². The number of carbonyl (C=O) groups is 1. The molecule has 1 fully saturated rings. The van der Waals surface area contributed by atoms with Crippen molar-refractivity contribution >= 4 is 11.7 Å². The summed E-state index contributed by atoms with van der Waals surface area (Å²) < 4.78 is 0. The Kier molecular flexibility index (Phi) is 5.35. The van der Waals surface area contributed by atoms with E-state index in [0.717, 1.165) is 38.4 Å². The van der Waals surface area contributed by atoms with Gasteiger partial charge in [0.1, 0.15) is 5.82 Å². The van der Waals surface area contributed by atoms with E-state index >= 15 is 0 Å². The molecule has 1 aromatic rings. The number of aromatic nitrogens is 1. The summed E-state index contributed by atoms with van der Waals surface area (Å²) in [5.74, 6) is 1.15.